The number of aromatic nitrogens is 2. The van der Waals surface area contributed by atoms with E-state index in [1.165, 1.54) is 24.3 Å². The van der Waals surface area contributed by atoms with Gasteiger partial charge in [-0.15, -0.1) is 0 Å². The average Bonchev–Trinajstić information content (AvgIpc) is 3.41. The summed E-state index contributed by atoms with van der Waals surface area (Å²) < 4.78 is 72.8. The zero-order chi connectivity index (χ0) is 32.8. The Balaban J connectivity index is 1.32. The summed E-state index contributed by atoms with van der Waals surface area (Å²) >= 11 is 0. The van der Waals surface area contributed by atoms with E-state index in [0.717, 1.165) is 25.0 Å². The summed E-state index contributed by atoms with van der Waals surface area (Å²) in [5.41, 5.74) is -3.47. The van der Waals surface area contributed by atoms with E-state index >= 15 is 0 Å². The summed E-state index contributed by atoms with van der Waals surface area (Å²) in [4.78, 5) is 33.0. The predicted octanol–water partition coefficient (Wildman–Crippen LogP) is 6.93. The molecule has 242 valence electrons. The van der Waals surface area contributed by atoms with E-state index in [1.807, 2.05) is 6.92 Å². The zero-order valence-corrected chi connectivity index (χ0v) is 25.4. The van der Waals surface area contributed by atoms with Crippen LogP contribution >= 0.6 is 0 Å². The molecule has 0 unspecified atom stereocenters. The van der Waals surface area contributed by atoms with E-state index in [9.17, 15) is 36.6 Å². The van der Waals surface area contributed by atoms with E-state index in [-0.39, 0.29) is 53.8 Å². The van der Waals surface area contributed by atoms with Crippen LogP contribution in [0.2, 0.25) is 0 Å². The number of benzene rings is 1. The van der Waals surface area contributed by atoms with Gasteiger partial charge in [0.25, 0.3) is 0 Å². The molecule has 45 heavy (non-hydrogen) atoms. The van der Waals surface area contributed by atoms with E-state index in [0.29, 0.717) is 32.0 Å². The molecular formula is C33H36F5N3O4. The molecule has 2 fully saturated rings. The second kappa shape index (κ2) is 12.0. The van der Waals surface area contributed by atoms with E-state index in [2.05, 4.69) is 15.0 Å². The Hall–Kier alpha value is -3.51. The van der Waals surface area contributed by atoms with Crippen molar-refractivity contribution in [3.8, 4) is 11.3 Å². The van der Waals surface area contributed by atoms with Gasteiger partial charge >= 0.3 is 6.18 Å². The topological polar surface area (TPSA) is 96.5 Å². The van der Waals surface area contributed by atoms with Gasteiger partial charge in [0.2, 0.25) is 0 Å². The Kier molecular flexibility index (Phi) is 8.78. The number of aliphatic hydroxyl groups is 1. The Labute approximate surface area is 257 Å². The van der Waals surface area contributed by atoms with Crippen molar-refractivity contribution < 1.29 is 41.2 Å². The average molecular weight is 634 g/mol. The Morgan fingerprint density at radius 3 is 2.33 bits per heavy atom. The molecule has 3 heterocycles. The second-order valence-electron chi connectivity index (χ2n) is 13.6. The number of rotatable bonds is 10. The highest BCUT2D eigenvalue weighted by Gasteiger charge is 2.49. The summed E-state index contributed by atoms with van der Waals surface area (Å²) in [7, 11) is 0. The van der Waals surface area contributed by atoms with Crippen molar-refractivity contribution in [1.82, 2.24) is 15.0 Å². The molecule has 0 radical (unpaired) electrons. The number of Topliss-reactive ketones (excluding diaryl/α,β-unsaturated/α-hetero) is 2. The maximum Gasteiger partial charge on any atom is 0.433 e. The summed E-state index contributed by atoms with van der Waals surface area (Å²) in [5.74, 6) is -2.30. The van der Waals surface area contributed by atoms with Crippen molar-refractivity contribution in [2.24, 2.45) is 5.41 Å². The molecule has 1 N–H and O–H groups in total. The lowest BCUT2D eigenvalue weighted by molar-refractivity contribution is -0.141. The smallest absolute Gasteiger partial charge is 0.390 e. The van der Waals surface area contributed by atoms with Crippen LogP contribution in [-0.2, 0) is 16.4 Å². The number of halogens is 5. The molecular weight excluding hydrogens is 597 g/mol. The van der Waals surface area contributed by atoms with Gasteiger partial charge in [-0.2, -0.15) is 13.2 Å². The first-order valence-corrected chi connectivity index (χ1v) is 14.9. The van der Waals surface area contributed by atoms with Crippen molar-refractivity contribution >= 4 is 11.6 Å². The van der Waals surface area contributed by atoms with Crippen LogP contribution in [0.4, 0.5) is 22.0 Å². The third-order valence-electron chi connectivity index (χ3n) is 9.10. The zero-order valence-electron chi connectivity index (χ0n) is 25.4. The number of carbonyl (C=O) groups excluding carboxylic acids is 2. The SMILES string of the molecule is CC1(O)CCC(N2CC(CC(=O)CC(C)(C)c3cccc(C(F)(F)F)n3)(CC(=O)c3cc(-c4ccc(F)cc4F)on3)C2)CC1. The number of likely N-dealkylation sites (tertiary alicyclic amines) is 1. The lowest BCUT2D eigenvalue weighted by Crippen LogP contribution is -2.62. The highest BCUT2D eigenvalue weighted by molar-refractivity contribution is 5.96. The Morgan fingerprint density at radius 2 is 1.69 bits per heavy atom. The normalized spacial score (nSPS) is 22.2. The minimum atomic E-state index is -4.62. The Bertz CT molecular complexity index is 1570. The van der Waals surface area contributed by atoms with Gasteiger partial charge < -0.3 is 9.63 Å². The number of carbonyl (C=O) groups is 2. The van der Waals surface area contributed by atoms with Gasteiger partial charge in [0.1, 0.15) is 28.8 Å². The molecule has 2 aliphatic rings. The molecule has 7 nitrogen and oxygen atoms in total. The van der Waals surface area contributed by atoms with E-state index in [4.69, 9.17) is 4.52 Å². The maximum absolute atomic E-state index is 14.3. The minimum Gasteiger partial charge on any atom is -0.390 e. The van der Waals surface area contributed by atoms with Gasteiger partial charge in [-0.3, -0.25) is 14.5 Å². The predicted molar refractivity (Wildman–Crippen MR) is 154 cm³/mol. The molecule has 5 rings (SSSR count). The van der Waals surface area contributed by atoms with Crippen molar-refractivity contribution in [1.29, 1.82) is 0 Å². The van der Waals surface area contributed by atoms with Gasteiger partial charge in [0.15, 0.2) is 11.5 Å². The quantitative estimate of drug-likeness (QED) is 0.191. The van der Waals surface area contributed by atoms with Crippen LogP contribution in [0.15, 0.2) is 47.0 Å². The molecule has 3 aromatic rings. The van der Waals surface area contributed by atoms with Crippen molar-refractivity contribution in [3.63, 3.8) is 0 Å². The van der Waals surface area contributed by atoms with Crippen LogP contribution in [0.3, 0.4) is 0 Å². The highest BCUT2D eigenvalue weighted by atomic mass is 19.4. The van der Waals surface area contributed by atoms with Gasteiger partial charge in [0.05, 0.1) is 11.2 Å². The van der Waals surface area contributed by atoms with Gasteiger partial charge in [-0.25, -0.2) is 13.8 Å². The summed E-state index contributed by atoms with van der Waals surface area (Å²) in [6, 6.07) is 8.05. The maximum atomic E-state index is 14.3. The molecule has 1 saturated heterocycles. The molecule has 0 amide bonds. The standard InChI is InChI=1S/C33H36F5N3O4/c1-30(2,28-5-4-6-29(39-28)33(36,37)38)15-22(42)16-32(18-41(19-32)21-9-11-31(3,44)12-10-21)17-26(43)25-14-27(45-40-25)23-8-7-20(34)13-24(23)35/h4-8,13-14,21,44H,9-12,15-19H2,1-3H3. The molecule has 1 aliphatic heterocycles. The van der Waals surface area contributed by atoms with E-state index in [1.54, 1.807) is 13.8 Å². The molecule has 12 heteroatoms. The Morgan fingerprint density at radius 1 is 1.02 bits per heavy atom. The van der Waals surface area contributed by atoms with Crippen LogP contribution in [0.1, 0.15) is 87.6 Å². The van der Waals surface area contributed by atoms with Gasteiger partial charge in [0, 0.05) is 67.1 Å². The highest BCUT2D eigenvalue weighted by Crippen LogP contribution is 2.44. The largest absolute Gasteiger partial charge is 0.433 e. The molecule has 2 aromatic heterocycles. The number of alkyl halides is 3. The third kappa shape index (κ3) is 7.49. The van der Waals surface area contributed by atoms with Crippen LogP contribution in [0.5, 0.6) is 0 Å². The van der Waals surface area contributed by atoms with Crippen LogP contribution in [0.25, 0.3) is 11.3 Å². The first kappa shape index (κ1) is 32.9. The third-order valence-corrected chi connectivity index (χ3v) is 9.10. The van der Waals surface area contributed by atoms with Gasteiger partial charge in [-0.1, -0.05) is 25.1 Å². The lowest BCUT2D eigenvalue weighted by Gasteiger charge is -2.54. The van der Waals surface area contributed by atoms with Crippen LogP contribution in [-0.4, -0.2) is 56.4 Å². The monoisotopic (exact) mass is 633 g/mol. The van der Waals surface area contributed by atoms with E-state index < -0.39 is 45.7 Å². The molecule has 1 aromatic carbocycles. The number of pyridine rings is 1. The fourth-order valence-electron chi connectivity index (χ4n) is 6.64. The lowest BCUT2D eigenvalue weighted by atomic mass is 9.68. The molecule has 1 aliphatic carbocycles. The molecule has 0 spiro atoms. The van der Waals surface area contributed by atoms with Crippen LogP contribution < -0.4 is 0 Å². The molecule has 0 atom stereocenters. The minimum absolute atomic E-state index is 0.0133. The second-order valence-corrected chi connectivity index (χ2v) is 13.6. The summed E-state index contributed by atoms with van der Waals surface area (Å²) in [6.07, 6.45) is -1.92. The van der Waals surface area contributed by atoms with Crippen molar-refractivity contribution in [2.45, 2.75) is 89.0 Å². The summed E-state index contributed by atoms with van der Waals surface area (Å²) in [6.45, 7) is 6.02. The molecule has 0 bridgehead atoms. The summed E-state index contributed by atoms with van der Waals surface area (Å²) in [5, 5.41) is 14.2. The number of ketones is 2. The number of hydrogen-bond acceptors (Lipinski definition) is 7. The fraction of sp³-hybridized carbons (Fsp3) is 0.515. The van der Waals surface area contributed by atoms with Gasteiger partial charge in [-0.05, 0) is 56.9 Å². The van der Waals surface area contributed by atoms with Crippen molar-refractivity contribution in [2.75, 3.05) is 13.1 Å². The number of hydrogen-bond donors (Lipinski definition) is 1. The first-order chi connectivity index (χ1) is 21.0. The van der Waals surface area contributed by atoms with Crippen LogP contribution in [0, 0.1) is 17.0 Å². The first-order valence-electron chi connectivity index (χ1n) is 14.9. The molecule has 1 saturated carbocycles. The van der Waals surface area contributed by atoms with Crippen molar-refractivity contribution in [3.05, 3.63) is 71.2 Å². The number of nitrogens with zero attached hydrogens (tertiary/aromatic N) is 3. The fourth-order valence-corrected chi connectivity index (χ4v) is 6.64.